The molecule has 2 unspecified atom stereocenters. The molecule has 2 atom stereocenters. The maximum absolute atomic E-state index is 14.1. The van der Waals surface area contributed by atoms with Gasteiger partial charge in [-0.05, 0) is 31.4 Å². The van der Waals surface area contributed by atoms with Crippen molar-refractivity contribution in [2.45, 2.75) is 25.8 Å². The van der Waals surface area contributed by atoms with Crippen LogP contribution >= 0.6 is 0 Å². The molecule has 0 bridgehead atoms. The zero-order chi connectivity index (χ0) is 13.1. The van der Waals surface area contributed by atoms with Crippen LogP contribution in [-0.4, -0.2) is 13.2 Å². The highest BCUT2D eigenvalue weighted by Gasteiger charge is 2.29. The fourth-order valence-corrected chi connectivity index (χ4v) is 2.45. The lowest BCUT2D eigenvalue weighted by Gasteiger charge is -2.30. The van der Waals surface area contributed by atoms with Gasteiger partial charge < -0.3 is 4.74 Å². The van der Waals surface area contributed by atoms with Crippen LogP contribution in [0.15, 0.2) is 12.1 Å². The summed E-state index contributed by atoms with van der Waals surface area (Å²) in [6.07, 6.45) is 1.74. The van der Waals surface area contributed by atoms with Crippen molar-refractivity contribution in [3.8, 4) is 0 Å². The summed E-state index contributed by atoms with van der Waals surface area (Å²) >= 11 is 0. The first kappa shape index (κ1) is 13.4. The largest absolute Gasteiger partial charge is 0.381 e. The summed E-state index contributed by atoms with van der Waals surface area (Å²) in [7, 11) is 0. The molecule has 1 heterocycles. The Labute approximate surface area is 105 Å². The molecule has 5 heteroatoms. The predicted octanol–water partition coefficient (Wildman–Crippen LogP) is 2.20. The molecule has 100 valence electrons. The van der Waals surface area contributed by atoms with E-state index in [0.717, 1.165) is 12.8 Å². The summed E-state index contributed by atoms with van der Waals surface area (Å²) in [6, 6.07) is 2.16. The first-order valence-electron chi connectivity index (χ1n) is 6.13. The summed E-state index contributed by atoms with van der Waals surface area (Å²) < 4.78 is 33.3. The number of hydrazine groups is 1. The van der Waals surface area contributed by atoms with Crippen molar-refractivity contribution < 1.29 is 13.5 Å². The van der Waals surface area contributed by atoms with E-state index in [1.165, 1.54) is 12.1 Å². The molecule has 1 aromatic rings. The number of halogens is 2. The summed E-state index contributed by atoms with van der Waals surface area (Å²) in [5.74, 6) is 4.39. The van der Waals surface area contributed by atoms with Crippen LogP contribution in [0.1, 0.15) is 30.0 Å². The zero-order valence-electron chi connectivity index (χ0n) is 10.4. The molecular formula is C13H18F2N2O. The number of rotatable bonds is 3. The lowest BCUT2D eigenvalue weighted by Crippen LogP contribution is -2.38. The van der Waals surface area contributed by atoms with Gasteiger partial charge in [-0.2, -0.15) is 0 Å². The number of nitrogens with two attached hydrogens (primary N) is 1. The van der Waals surface area contributed by atoms with Crippen molar-refractivity contribution >= 4 is 0 Å². The summed E-state index contributed by atoms with van der Waals surface area (Å²) in [5, 5.41) is 0. The summed E-state index contributed by atoms with van der Waals surface area (Å²) in [6.45, 7) is 2.79. The van der Waals surface area contributed by atoms with Gasteiger partial charge in [-0.25, -0.2) is 8.78 Å². The maximum atomic E-state index is 14.1. The first-order valence-corrected chi connectivity index (χ1v) is 6.13. The highest BCUT2D eigenvalue weighted by atomic mass is 19.1. The number of benzene rings is 1. The standard InChI is InChI=1S/C13H18F2N2O/c1-8-4-5-10(14)11(12(8)15)13(17-16)9-3-2-6-18-7-9/h4-5,9,13,17H,2-3,6-7,16H2,1H3. The van der Waals surface area contributed by atoms with Crippen molar-refractivity contribution in [2.75, 3.05) is 13.2 Å². The molecule has 0 amide bonds. The Bertz CT molecular complexity index is 420. The number of hydrogen-bond acceptors (Lipinski definition) is 3. The van der Waals surface area contributed by atoms with Gasteiger partial charge in [-0.1, -0.05) is 6.07 Å². The third-order valence-corrected chi connectivity index (χ3v) is 3.48. The minimum absolute atomic E-state index is 0.00505. The Morgan fingerprint density at radius 1 is 1.44 bits per heavy atom. The Balaban J connectivity index is 2.34. The van der Waals surface area contributed by atoms with Gasteiger partial charge >= 0.3 is 0 Å². The molecule has 1 aliphatic rings. The zero-order valence-corrected chi connectivity index (χ0v) is 10.4. The van der Waals surface area contributed by atoms with E-state index in [2.05, 4.69) is 5.43 Å². The first-order chi connectivity index (χ1) is 8.65. The molecule has 1 aromatic carbocycles. The Kier molecular flexibility index (Phi) is 4.27. The normalized spacial score (nSPS) is 21.9. The minimum atomic E-state index is -0.563. The van der Waals surface area contributed by atoms with Crippen molar-refractivity contribution in [1.82, 2.24) is 5.43 Å². The van der Waals surface area contributed by atoms with Gasteiger partial charge in [-0.3, -0.25) is 11.3 Å². The van der Waals surface area contributed by atoms with Crippen LogP contribution in [0.3, 0.4) is 0 Å². The van der Waals surface area contributed by atoms with Gasteiger partial charge in [-0.15, -0.1) is 0 Å². The number of hydrogen-bond donors (Lipinski definition) is 2. The van der Waals surface area contributed by atoms with Crippen LogP contribution in [-0.2, 0) is 4.74 Å². The van der Waals surface area contributed by atoms with Crippen LogP contribution < -0.4 is 11.3 Å². The van der Waals surface area contributed by atoms with Crippen molar-refractivity contribution in [1.29, 1.82) is 0 Å². The third kappa shape index (κ3) is 2.53. The highest BCUT2D eigenvalue weighted by Crippen LogP contribution is 2.32. The molecule has 3 N–H and O–H groups in total. The van der Waals surface area contributed by atoms with Gasteiger partial charge in [0.15, 0.2) is 0 Å². The molecule has 2 rings (SSSR count). The fraction of sp³-hybridized carbons (Fsp3) is 0.538. The average Bonchev–Trinajstić information content (AvgIpc) is 2.40. The van der Waals surface area contributed by atoms with E-state index in [1.54, 1.807) is 6.92 Å². The molecule has 1 fully saturated rings. The van der Waals surface area contributed by atoms with E-state index in [1.807, 2.05) is 0 Å². The van der Waals surface area contributed by atoms with Crippen LogP contribution in [0, 0.1) is 24.5 Å². The van der Waals surface area contributed by atoms with E-state index in [4.69, 9.17) is 10.6 Å². The van der Waals surface area contributed by atoms with Gasteiger partial charge in [0.05, 0.1) is 12.6 Å². The number of nitrogens with one attached hydrogen (secondary N) is 1. The van der Waals surface area contributed by atoms with Gasteiger partial charge in [0, 0.05) is 18.1 Å². The second-order valence-corrected chi connectivity index (χ2v) is 4.71. The molecule has 1 saturated heterocycles. The summed E-state index contributed by atoms with van der Waals surface area (Å²) in [4.78, 5) is 0. The second kappa shape index (κ2) is 5.73. The van der Waals surface area contributed by atoms with E-state index in [0.29, 0.717) is 18.8 Å². The van der Waals surface area contributed by atoms with Crippen molar-refractivity contribution in [2.24, 2.45) is 11.8 Å². The fourth-order valence-electron chi connectivity index (χ4n) is 2.45. The van der Waals surface area contributed by atoms with Crippen molar-refractivity contribution in [3.63, 3.8) is 0 Å². The van der Waals surface area contributed by atoms with Gasteiger partial charge in [0.25, 0.3) is 0 Å². The molecule has 0 aromatic heterocycles. The molecular weight excluding hydrogens is 238 g/mol. The summed E-state index contributed by atoms with van der Waals surface area (Å²) in [5.41, 5.74) is 2.98. The van der Waals surface area contributed by atoms with Crippen LogP contribution in [0.2, 0.25) is 0 Å². The SMILES string of the molecule is Cc1ccc(F)c(C(NN)C2CCCOC2)c1F. The maximum Gasteiger partial charge on any atom is 0.133 e. The predicted molar refractivity (Wildman–Crippen MR) is 64.7 cm³/mol. The van der Waals surface area contributed by atoms with Crippen LogP contribution in [0.4, 0.5) is 8.78 Å². The quantitative estimate of drug-likeness (QED) is 0.644. The molecule has 0 saturated carbocycles. The average molecular weight is 256 g/mol. The lowest BCUT2D eigenvalue weighted by molar-refractivity contribution is 0.0379. The Morgan fingerprint density at radius 3 is 2.83 bits per heavy atom. The molecule has 0 radical (unpaired) electrons. The van der Waals surface area contributed by atoms with Gasteiger partial charge in [0.2, 0.25) is 0 Å². The molecule has 18 heavy (non-hydrogen) atoms. The van der Waals surface area contributed by atoms with E-state index in [9.17, 15) is 8.78 Å². The minimum Gasteiger partial charge on any atom is -0.381 e. The lowest BCUT2D eigenvalue weighted by atomic mass is 9.88. The van der Waals surface area contributed by atoms with Crippen molar-refractivity contribution in [3.05, 3.63) is 34.9 Å². The molecule has 0 aliphatic carbocycles. The topological polar surface area (TPSA) is 47.3 Å². The van der Waals surface area contributed by atoms with Crippen LogP contribution in [0.5, 0.6) is 0 Å². The number of ether oxygens (including phenoxy) is 1. The monoisotopic (exact) mass is 256 g/mol. The Morgan fingerprint density at radius 2 is 2.22 bits per heavy atom. The van der Waals surface area contributed by atoms with E-state index >= 15 is 0 Å². The Hall–Kier alpha value is -1.04. The van der Waals surface area contributed by atoms with Gasteiger partial charge in [0.1, 0.15) is 11.6 Å². The molecule has 1 aliphatic heterocycles. The molecule has 3 nitrogen and oxygen atoms in total. The second-order valence-electron chi connectivity index (χ2n) is 4.71. The smallest absolute Gasteiger partial charge is 0.133 e. The number of aryl methyl sites for hydroxylation is 1. The molecule has 0 spiro atoms. The van der Waals surface area contributed by atoms with E-state index < -0.39 is 17.7 Å². The van der Waals surface area contributed by atoms with Crippen LogP contribution in [0.25, 0.3) is 0 Å². The third-order valence-electron chi connectivity index (χ3n) is 3.48. The highest BCUT2D eigenvalue weighted by molar-refractivity contribution is 5.29. The van der Waals surface area contributed by atoms with E-state index in [-0.39, 0.29) is 11.5 Å².